The van der Waals surface area contributed by atoms with Gasteiger partial charge in [0.05, 0.1) is 7.11 Å². The van der Waals surface area contributed by atoms with E-state index in [0.29, 0.717) is 31.0 Å². The largest absolute Gasteiger partial charge is 0.496 e. The third kappa shape index (κ3) is 4.61. The average Bonchev–Trinajstić information content (AvgIpc) is 2.30. The molecule has 0 aliphatic heterocycles. The van der Waals surface area contributed by atoms with E-state index in [1.165, 1.54) is 19.2 Å². The van der Waals surface area contributed by atoms with Crippen LogP contribution >= 0.6 is 11.6 Å². The maximum atomic E-state index is 13.0. The zero-order valence-corrected chi connectivity index (χ0v) is 10.4. The SMILES string of the molecule is COc1ccc(F)cc1CCNC(=O)CCCl. The molecule has 0 spiro atoms. The summed E-state index contributed by atoms with van der Waals surface area (Å²) in [5, 5.41) is 2.70. The van der Waals surface area contributed by atoms with Gasteiger partial charge in [0.25, 0.3) is 0 Å². The number of carbonyl (C=O) groups is 1. The van der Waals surface area contributed by atoms with Gasteiger partial charge in [-0.05, 0) is 30.2 Å². The van der Waals surface area contributed by atoms with Crippen molar-refractivity contribution in [3.05, 3.63) is 29.6 Å². The summed E-state index contributed by atoms with van der Waals surface area (Å²) in [6.07, 6.45) is 0.816. The van der Waals surface area contributed by atoms with Crippen molar-refractivity contribution in [3.8, 4) is 5.75 Å². The van der Waals surface area contributed by atoms with Crippen molar-refractivity contribution in [2.75, 3.05) is 19.5 Å². The third-order valence-corrected chi connectivity index (χ3v) is 2.47. The molecule has 0 aliphatic rings. The first kappa shape index (κ1) is 13.8. The second-order valence-electron chi connectivity index (χ2n) is 3.50. The summed E-state index contributed by atoms with van der Waals surface area (Å²) in [6.45, 7) is 0.440. The fraction of sp³-hybridized carbons (Fsp3) is 0.417. The van der Waals surface area contributed by atoms with Crippen LogP contribution in [0.25, 0.3) is 0 Å². The number of benzene rings is 1. The summed E-state index contributed by atoms with van der Waals surface area (Å²) in [6, 6.07) is 4.33. The lowest BCUT2D eigenvalue weighted by molar-refractivity contribution is -0.120. The normalized spacial score (nSPS) is 10.1. The Morgan fingerprint density at radius 3 is 2.94 bits per heavy atom. The summed E-state index contributed by atoms with van der Waals surface area (Å²) in [4.78, 5) is 11.2. The number of carbonyl (C=O) groups excluding carboxylic acids is 1. The van der Waals surface area contributed by atoms with Gasteiger partial charge in [0.15, 0.2) is 0 Å². The number of nitrogens with one attached hydrogen (secondary N) is 1. The van der Waals surface area contributed by atoms with Crippen LogP contribution in [0.3, 0.4) is 0 Å². The molecule has 17 heavy (non-hydrogen) atoms. The van der Waals surface area contributed by atoms with E-state index in [-0.39, 0.29) is 11.7 Å². The van der Waals surface area contributed by atoms with Crippen LogP contribution in [0.4, 0.5) is 4.39 Å². The van der Waals surface area contributed by atoms with Gasteiger partial charge in [-0.2, -0.15) is 0 Å². The van der Waals surface area contributed by atoms with Gasteiger partial charge in [0.1, 0.15) is 11.6 Å². The summed E-state index contributed by atoms with van der Waals surface area (Å²) in [5.41, 5.74) is 0.735. The molecule has 1 rings (SSSR count). The number of halogens is 2. The number of hydrogen-bond acceptors (Lipinski definition) is 2. The highest BCUT2D eigenvalue weighted by Crippen LogP contribution is 2.19. The van der Waals surface area contributed by atoms with Gasteiger partial charge in [-0.1, -0.05) is 0 Å². The molecule has 0 heterocycles. The Kier molecular flexibility index (Phi) is 5.77. The Morgan fingerprint density at radius 1 is 1.53 bits per heavy atom. The van der Waals surface area contributed by atoms with E-state index in [1.54, 1.807) is 6.07 Å². The highest BCUT2D eigenvalue weighted by Gasteiger charge is 2.05. The lowest BCUT2D eigenvalue weighted by Gasteiger charge is -2.09. The van der Waals surface area contributed by atoms with E-state index in [4.69, 9.17) is 16.3 Å². The molecule has 0 fully saturated rings. The molecule has 1 aromatic rings. The van der Waals surface area contributed by atoms with E-state index in [2.05, 4.69) is 5.32 Å². The number of alkyl halides is 1. The van der Waals surface area contributed by atoms with Crippen LogP contribution in [-0.2, 0) is 11.2 Å². The van der Waals surface area contributed by atoms with Crippen molar-refractivity contribution in [3.63, 3.8) is 0 Å². The summed E-state index contributed by atoms with van der Waals surface area (Å²) >= 11 is 5.43. The van der Waals surface area contributed by atoms with Crippen molar-refractivity contribution < 1.29 is 13.9 Å². The van der Waals surface area contributed by atoms with E-state index in [1.807, 2.05) is 0 Å². The minimum absolute atomic E-state index is 0.102. The number of methoxy groups -OCH3 is 1. The standard InChI is InChI=1S/C12H15ClFNO2/c1-17-11-3-2-10(14)8-9(11)5-7-15-12(16)4-6-13/h2-3,8H,4-7H2,1H3,(H,15,16). The average molecular weight is 260 g/mol. The highest BCUT2D eigenvalue weighted by atomic mass is 35.5. The zero-order valence-electron chi connectivity index (χ0n) is 9.63. The fourth-order valence-corrected chi connectivity index (χ4v) is 1.62. The number of ether oxygens (including phenoxy) is 1. The smallest absolute Gasteiger partial charge is 0.221 e. The third-order valence-electron chi connectivity index (χ3n) is 2.28. The van der Waals surface area contributed by atoms with Crippen molar-refractivity contribution in [1.82, 2.24) is 5.32 Å². The van der Waals surface area contributed by atoms with E-state index >= 15 is 0 Å². The molecule has 0 atom stereocenters. The first-order chi connectivity index (χ1) is 8.17. The number of hydrogen-bond donors (Lipinski definition) is 1. The molecule has 1 aromatic carbocycles. The Hall–Kier alpha value is -1.29. The molecule has 94 valence electrons. The minimum Gasteiger partial charge on any atom is -0.496 e. The zero-order chi connectivity index (χ0) is 12.7. The molecular formula is C12H15ClFNO2. The van der Waals surface area contributed by atoms with Crippen LogP contribution in [0.5, 0.6) is 5.75 Å². The molecule has 5 heteroatoms. The molecule has 0 saturated heterocycles. The van der Waals surface area contributed by atoms with E-state index in [0.717, 1.165) is 5.56 Å². The maximum absolute atomic E-state index is 13.0. The van der Waals surface area contributed by atoms with Crippen LogP contribution in [0.2, 0.25) is 0 Å². The molecule has 0 aromatic heterocycles. The van der Waals surface area contributed by atoms with Crippen molar-refractivity contribution in [2.45, 2.75) is 12.8 Å². The van der Waals surface area contributed by atoms with E-state index in [9.17, 15) is 9.18 Å². The second-order valence-corrected chi connectivity index (χ2v) is 3.87. The van der Waals surface area contributed by atoms with Gasteiger partial charge in [-0.25, -0.2) is 4.39 Å². The van der Waals surface area contributed by atoms with Crippen LogP contribution in [-0.4, -0.2) is 25.4 Å². The maximum Gasteiger partial charge on any atom is 0.221 e. The van der Waals surface area contributed by atoms with Gasteiger partial charge in [-0.3, -0.25) is 4.79 Å². The number of amides is 1. The molecule has 3 nitrogen and oxygen atoms in total. The summed E-state index contributed by atoms with van der Waals surface area (Å²) in [5.74, 6) is 0.510. The molecule has 1 N–H and O–H groups in total. The Balaban J connectivity index is 2.50. The lowest BCUT2D eigenvalue weighted by Crippen LogP contribution is -2.25. The minimum atomic E-state index is -0.312. The molecule has 0 unspecified atom stereocenters. The van der Waals surface area contributed by atoms with Gasteiger partial charge < -0.3 is 10.1 Å². The van der Waals surface area contributed by atoms with Gasteiger partial charge >= 0.3 is 0 Å². The van der Waals surface area contributed by atoms with Crippen molar-refractivity contribution >= 4 is 17.5 Å². The quantitative estimate of drug-likeness (QED) is 0.795. The summed E-state index contributed by atoms with van der Waals surface area (Å²) in [7, 11) is 1.53. The second kappa shape index (κ2) is 7.12. The molecule has 0 aliphatic carbocycles. The van der Waals surface area contributed by atoms with E-state index < -0.39 is 0 Å². The molecule has 0 bridgehead atoms. The highest BCUT2D eigenvalue weighted by molar-refractivity contribution is 6.18. The lowest BCUT2D eigenvalue weighted by atomic mass is 10.1. The molecule has 1 amide bonds. The Morgan fingerprint density at radius 2 is 2.29 bits per heavy atom. The topological polar surface area (TPSA) is 38.3 Å². The predicted octanol–water partition coefficient (Wildman–Crippen LogP) is 2.12. The van der Waals surface area contributed by atoms with Gasteiger partial charge in [-0.15, -0.1) is 11.6 Å². The van der Waals surface area contributed by atoms with Gasteiger partial charge in [0.2, 0.25) is 5.91 Å². The van der Waals surface area contributed by atoms with Gasteiger partial charge in [0, 0.05) is 18.8 Å². The van der Waals surface area contributed by atoms with Crippen LogP contribution < -0.4 is 10.1 Å². The van der Waals surface area contributed by atoms with Crippen LogP contribution in [0, 0.1) is 5.82 Å². The predicted molar refractivity (Wildman–Crippen MR) is 65.0 cm³/mol. The molecule has 0 saturated carbocycles. The molecular weight excluding hydrogens is 245 g/mol. The fourth-order valence-electron chi connectivity index (χ4n) is 1.45. The summed E-state index contributed by atoms with van der Waals surface area (Å²) < 4.78 is 18.1. The number of rotatable bonds is 6. The van der Waals surface area contributed by atoms with Crippen LogP contribution in [0.15, 0.2) is 18.2 Å². The monoisotopic (exact) mass is 259 g/mol. The first-order valence-corrected chi connectivity index (χ1v) is 5.86. The van der Waals surface area contributed by atoms with Crippen LogP contribution in [0.1, 0.15) is 12.0 Å². The first-order valence-electron chi connectivity index (χ1n) is 5.32. The Bertz CT molecular complexity index is 385. The van der Waals surface area contributed by atoms with Crippen molar-refractivity contribution in [1.29, 1.82) is 0 Å². The van der Waals surface area contributed by atoms with Crippen molar-refractivity contribution in [2.24, 2.45) is 0 Å². The Labute approximate surface area is 105 Å². The molecule has 0 radical (unpaired) electrons.